The second kappa shape index (κ2) is 12.4. The monoisotopic (exact) mass is 557 g/mol. The summed E-state index contributed by atoms with van der Waals surface area (Å²) in [6.45, 7) is 4.06. The Kier molecular flexibility index (Phi) is 8.49. The van der Waals surface area contributed by atoms with Gasteiger partial charge in [0.05, 0.1) is 25.6 Å². The minimum atomic E-state index is -0.235. The van der Waals surface area contributed by atoms with Gasteiger partial charge in [-0.2, -0.15) is 4.98 Å². The molecule has 2 aromatic heterocycles. The number of piperidine rings is 1. The molecule has 5 rings (SSSR count). The van der Waals surface area contributed by atoms with Crippen molar-refractivity contribution in [2.75, 3.05) is 38.8 Å². The Morgan fingerprint density at radius 2 is 1.73 bits per heavy atom. The van der Waals surface area contributed by atoms with E-state index >= 15 is 0 Å². The first-order valence-corrected chi connectivity index (χ1v) is 13.8. The van der Waals surface area contributed by atoms with Crippen LogP contribution in [0.1, 0.15) is 40.9 Å². The summed E-state index contributed by atoms with van der Waals surface area (Å²) >= 11 is 0. The molecule has 1 aliphatic heterocycles. The summed E-state index contributed by atoms with van der Waals surface area (Å²) in [6, 6.07) is 15.7. The van der Waals surface area contributed by atoms with Crippen LogP contribution in [0.3, 0.4) is 0 Å². The number of benzene rings is 2. The van der Waals surface area contributed by atoms with Gasteiger partial charge in [-0.25, -0.2) is 4.98 Å². The minimum Gasteiger partial charge on any atom is -0.493 e. The molecular weight excluding hydrogens is 522 g/mol. The number of aliphatic hydroxyl groups is 1. The maximum atomic E-state index is 13.1. The number of methoxy groups -OCH3 is 2. The van der Waals surface area contributed by atoms with Crippen LogP contribution in [0.4, 0.5) is 5.95 Å². The number of aliphatic hydroxyl groups excluding tert-OH is 1. The molecule has 0 saturated carbocycles. The molecule has 10 nitrogen and oxygen atoms in total. The first-order chi connectivity index (χ1) is 19.9. The highest BCUT2D eigenvalue weighted by Gasteiger charge is 2.22. The number of amides is 1. The molecule has 2 aromatic carbocycles. The Morgan fingerprint density at radius 1 is 1.00 bits per heavy atom. The summed E-state index contributed by atoms with van der Waals surface area (Å²) in [5.74, 6) is 2.09. The highest BCUT2D eigenvalue weighted by atomic mass is 16.5. The molecule has 10 heteroatoms. The van der Waals surface area contributed by atoms with Gasteiger partial charge < -0.3 is 24.8 Å². The molecule has 0 atom stereocenters. The molecular formula is C31H35N5O5. The van der Waals surface area contributed by atoms with Crippen LogP contribution < -0.4 is 25.2 Å². The zero-order chi connectivity index (χ0) is 28.9. The Morgan fingerprint density at radius 3 is 2.41 bits per heavy atom. The number of pyridine rings is 1. The van der Waals surface area contributed by atoms with Crippen molar-refractivity contribution in [1.82, 2.24) is 19.9 Å². The Balaban J connectivity index is 1.37. The van der Waals surface area contributed by atoms with Crippen molar-refractivity contribution in [3.63, 3.8) is 0 Å². The average Bonchev–Trinajstić information content (AvgIpc) is 3.00. The van der Waals surface area contributed by atoms with Crippen LogP contribution in [-0.4, -0.2) is 59.5 Å². The quantitative estimate of drug-likeness (QED) is 0.320. The van der Waals surface area contributed by atoms with Crippen molar-refractivity contribution >= 4 is 22.9 Å². The van der Waals surface area contributed by atoms with Crippen LogP contribution in [0.2, 0.25) is 0 Å². The summed E-state index contributed by atoms with van der Waals surface area (Å²) in [4.78, 5) is 37.7. The van der Waals surface area contributed by atoms with Gasteiger partial charge in [-0.3, -0.25) is 14.2 Å². The van der Waals surface area contributed by atoms with Crippen molar-refractivity contribution in [3.05, 3.63) is 81.8 Å². The van der Waals surface area contributed by atoms with Crippen molar-refractivity contribution in [2.45, 2.75) is 32.7 Å². The van der Waals surface area contributed by atoms with E-state index in [1.165, 1.54) is 6.07 Å². The van der Waals surface area contributed by atoms with E-state index in [4.69, 9.17) is 19.4 Å². The number of hydrogen-bond acceptors (Lipinski definition) is 8. The summed E-state index contributed by atoms with van der Waals surface area (Å²) in [6.07, 6.45) is 2.76. The molecule has 0 spiro atoms. The minimum absolute atomic E-state index is 0.209. The molecule has 1 aliphatic rings. The van der Waals surface area contributed by atoms with Gasteiger partial charge in [-0.15, -0.1) is 0 Å². The maximum absolute atomic E-state index is 13.1. The number of hydrogen-bond donors (Lipinski definition) is 2. The highest BCUT2D eigenvalue weighted by molar-refractivity contribution is 5.94. The average molecular weight is 558 g/mol. The van der Waals surface area contributed by atoms with E-state index < -0.39 is 0 Å². The zero-order valence-corrected chi connectivity index (χ0v) is 23.6. The van der Waals surface area contributed by atoms with Gasteiger partial charge in [0.1, 0.15) is 0 Å². The van der Waals surface area contributed by atoms with Crippen LogP contribution in [-0.2, 0) is 6.54 Å². The lowest BCUT2D eigenvalue weighted by Crippen LogP contribution is -2.35. The number of nitrogens with zero attached hydrogens (tertiary/aromatic N) is 4. The highest BCUT2D eigenvalue weighted by Crippen LogP contribution is 2.28. The largest absolute Gasteiger partial charge is 0.493 e. The summed E-state index contributed by atoms with van der Waals surface area (Å²) in [7, 11) is 3.15. The van der Waals surface area contributed by atoms with Crippen LogP contribution in [0.15, 0.2) is 59.4 Å². The van der Waals surface area contributed by atoms with Gasteiger partial charge in [0.2, 0.25) is 5.95 Å². The van der Waals surface area contributed by atoms with E-state index in [1.807, 2.05) is 19.1 Å². The SMILES string of the molecule is COc1ccc(CNC(=O)c2ccc(-n3c(=O)ccc4c(C)nc(N5CCC(CCO)CC5)nc43)cc2)cc1OC. The molecule has 3 heterocycles. The van der Waals surface area contributed by atoms with Crippen molar-refractivity contribution in [1.29, 1.82) is 0 Å². The van der Waals surface area contributed by atoms with E-state index in [1.54, 1.807) is 55.2 Å². The number of carbonyl (C=O) groups is 1. The van der Waals surface area contributed by atoms with E-state index in [0.717, 1.165) is 49.0 Å². The molecule has 0 radical (unpaired) electrons. The van der Waals surface area contributed by atoms with Crippen molar-refractivity contribution < 1.29 is 19.4 Å². The number of carbonyl (C=O) groups excluding carboxylic acids is 1. The van der Waals surface area contributed by atoms with E-state index in [-0.39, 0.29) is 18.1 Å². The molecule has 1 fully saturated rings. The van der Waals surface area contributed by atoms with Gasteiger partial charge in [-0.05, 0) is 80.1 Å². The van der Waals surface area contributed by atoms with Crippen molar-refractivity contribution in [3.8, 4) is 17.2 Å². The van der Waals surface area contributed by atoms with Crippen molar-refractivity contribution in [2.24, 2.45) is 5.92 Å². The predicted octanol–water partition coefficient (Wildman–Crippen LogP) is 3.64. The predicted molar refractivity (Wildman–Crippen MR) is 157 cm³/mol. The van der Waals surface area contributed by atoms with Gasteiger partial charge >= 0.3 is 0 Å². The number of aryl methyl sites for hydroxylation is 1. The maximum Gasteiger partial charge on any atom is 0.256 e. The molecule has 41 heavy (non-hydrogen) atoms. The molecule has 4 aromatic rings. The molecule has 1 amide bonds. The zero-order valence-electron chi connectivity index (χ0n) is 23.6. The fraction of sp³-hybridized carbons (Fsp3) is 0.355. The standard InChI is InChI=1S/C31H35N5O5/c1-20-25-9-11-28(38)36(29(25)34-31(33-20)35-15-12-21(13-16-35)14-17-37)24-7-5-23(6-8-24)30(39)32-19-22-4-10-26(40-2)27(18-22)41-3/h4-11,18,21,37H,12-17,19H2,1-3H3,(H,32,39). The topological polar surface area (TPSA) is 119 Å². The smallest absolute Gasteiger partial charge is 0.256 e. The lowest BCUT2D eigenvalue weighted by Gasteiger charge is -2.32. The van der Waals surface area contributed by atoms with E-state index in [2.05, 4.69) is 10.2 Å². The molecule has 214 valence electrons. The second-order valence-electron chi connectivity index (χ2n) is 10.2. The number of fused-ring (bicyclic) bond motifs is 1. The third kappa shape index (κ3) is 6.02. The Bertz CT molecular complexity index is 1590. The number of rotatable bonds is 9. The van der Waals surface area contributed by atoms with Crippen LogP contribution in [0.25, 0.3) is 16.7 Å². The Hall–Kier alpha value is -4.44. The first-order valence-electron chi connectivity index (χ1n) is 13.8. The van der Waals surface area contributed by atoms with Gasteiger partial charge in [0, 0.05) is 43.3 Å². The van der Waals surface area contributed by atoms with Gasteiger partial charge in [-0.1, -0.05) is 6.07 Å². The summed E-state index contributed by atoms with van der Waals surface area (Å²) < 4.78 is 12.2. The molecule has 1 saturated heterocycles. The van der Waals surface area contributed by atoms with Gasteiger partial charge in [0.15, 0.2) is 17.1 Å². The van der Waals surface area contributed by atoms with Gasteiger partial charge in [0.25, 0.3) is 11.5 Å². The third-order valence-electron chi connectivity index (χ3n) is 7.65. The molecule has 2 N–H and O–H groups in total. The lowest BCUT2D eigenvalue weighted by atomic mass is 9.94. The summed E-state index contributed by atoms with van der Waals surface area (Å²) in [5, 5.41) is 13.0. The summed E-state index contributed by atoms with van der Waals surface area (Å²) in [5.41, 5.74) is 3.07. The number of nitrogens with one attached hydrogen (secondary N) is 1. The van der Waals surface area contributed by atoms with E-state index in [9.17, 15) is 14.7 Å². The Labute approximate surface area is 238 Å². The molecule has 0 bridgehead atoms. The number of anilines is 1. The van der Waals surface area contributed by atoms with Crippen LogP contribution in [0.5, 0.6) is 11.5 Å². The molecule has 0 unspecified atom stereocenters. The first kappa shape index (κ1) is 28.1. The molecule has 0 aliphatic carbocycles. The lowest BCUT2D eigenvalue weighted by molar-refractivity contribution is 0.0951. The fourth-order valence-electron chi connectivity index (χ4n) is 5.28. The normalized spacial score (nSPS) is 13.8. The fourth-order valence-corrected chi connectivity index (χ4v) is 5.28. The third-order valence-corrected chi connectivity index (χ3v) is 7.65. The van der Waals surface area contributed by atoms with E-state index in [0.29, 0.717) is 46.8 Å². The number of aromatic nitrogens is 3. The van der Waals surface area contributed by atoms with Crippen LogP contribution >= 0.6 is 0 Å². The second-order valence-corrected chi connectivity index (χ2v) is 10.2. The number of ether oxygens (including phenoxy) is 2. The van der Waals surface area contributed by atoms with Crippen LogP contribution in [0, 0.1) is 12.8 Å².